The number of benzene rings is 1. The molecule has 0 saturated heterocycles. The second kappa shape index (κ2) is 7.49. The van der Waals surface area contributed by atoms with Gasteiger partial charge in [-0.15, -0.1) is 11.8 Å². The highest BCUT2D eigenvalue weighted by atomic mass is 35.5. The fourth-order valence-corrected chi connectivity index (χ4v) is 2.20. The van der Waals surface area contributed by atoms with Crippen LogP contribution in [0.3, 0.4) is 0 Å². The lowest BCUT2D eigenvalue weighted by atomic mass is 10.4. The molecule has 2 aromatic rings. The van der Waals surface area contributed by atoms with Gasteiger partial charge in [0.15, 0.2) is 5.82 Å². The first-order valence-electron chi connectivity index (χ1n) is 5.75. The van der Waals surface area contributed by atoms with Crippen molar-refractivity contribution >= 4 is 23.4 Å². The van der Waals surface area contributed by atoms with Crippen molar-refractivity contribution in [2.24, 2.45) is 5.73 Å². The highest BCUT2D eigenvalue weighted by Crippen LogP contribution is 2.23. The Bertz CT molecular complexity index is 504. The molecule has 0 aliphatic carbocycles. The second-order valence-corrected chi connectivity index (χ2v) is 5.17. The summed E-state index contributed by atoms with van der Waals surface area (Å²) in [6.07, 6.45) is 0. The Morgan fingerprint density at radius 1 is 1.32 bits per heavy atom. The molecule has 0 saturated carbocycles. The molecule has 0 spiro atoms. The average molecular weight is 300 g/mol. The number of aromatic nitrogens is 2. The maximum absolute atomic E-state index is 5.82. The van der Waals surface area contributed by atoms with Gasteiger partial charge in [0.2, 0.25) is 0 Å². The molecule has 2 N–H and O–H groups in total. The van der Waals surface area contributed by atoms with E-state index in [4.69, 9.17) is 26.6 Å². The summed E-state index contributed by atoms with van der Waals surface area (Å²) in [5, 5.41) is 4.61. The molecule has 0 aliphatic heterocycles. The lowest BCUT2D eigenvalue weighted by Crippen LogP contribution is -2.08. The van der Waals surface area contributed by atoms with Crippen molar-refractivity contribution < 1.29 is 9.26 Å². The van der Waals surface area contributed by atoms with E-state index in [-0.39, 0.29) is 0 Å². The normalized spacial score (nSPS) is 10.8. The van der Waals surface area contributed by atoms with Gasteiger partial charge in [-0.05, 0) is 24.3 Å². The summed E-state index contributed by atoms with van der Waals surface area (Å²) < 4.78 is 10.3. The second-order valence-electron chi connectivity index (χ2n) is 3.69. The molecule has 2 rings (SSSR count). The Morgan fingerprint density at radius 3 is 2.84 bits per heavy atom. The molecule has 102 valence electrons. The van der Waals surface area contributed by atoms with Crippen LogP contribution in [0.1, 0.15) is 11.7 Å². The summed E-state index contributed by atoms with van der Waals surface area (Å²) in [5.74, 6) is 1.76. The van der Waals surface area contributed by atoms with Gasteiger partial charge in [0.05, 0.1) is 12.4 Å². The van der Waals surface area contributed by atoms with E-state index >= 15 is 0 Å². The van der Waals surface area contributed by atoms with Crippen LogP contribution in [0.2, 0.25) is 5.02 Å². The first-order valence-corrected chi connectivity index (χ1v) is 7.12. The van der Waals surface area contributed by atoms with E-state index in [0.29, 0.717) is 37.2 Å². The smallest absolute Gasteiger partial charge is 0.252 e. The van der Waals surface area contributed by atoms with E-state index in [0.717, 1.165) is 9.92 Å². The van der Waals surface area contributed by atoms with Crippen molar-refractivity contribution in [3.63, 3.8) is 0 Å². The summed E-state index contributed by atoms with van der Waals surface area (Å²) in [5.41, 5.74) is 5.32. The predicted molar refractivity (Wildman–Crippen MR) is 74.0 cm³/mol. The minimum atomic E-state index is 0.301. The number of nitrogens with two attached hydrogens (primary N) is 1. The van der Waals surface area contributed by atoms with Gasteiger partial charge in [-0.2, -0.15) is 4.98 Å². The van der Waals surface area contributed by atoms with E-state index in [1.54, 1.807) is 11.8 Å². The third kappa shape index (κ3) is 4.83. The van der Waals surface area contributed by atoms with Crippen LogP contribution < -0.4 is 5.73 Å². The molecule has 0 radical (unpaired) electrons. The van der Waals surface area contributed by atoms with Crippen LogP contribution in [-0.2, 0) is 17.1 Å². The van der Waals surface area contributed by atoms with Crippen molar-refractivity contribution in [2.75, 3.05) is 13.2 Å². The van der Waals surface area contributed by atoms with Crippen LogP contribution in [0.25, 0.3) is 0 Å². The number of hydrogen-bond donors (Lipinski definition) is 1. The van der Waals surface area contributed by atoms with Crippen molar-refractivity contribution in [3.05, 3.63) is 41.0 Å². The zero-order chi connectivity index (χ0) is 13.5. The SMILES string of the molecule is NCCOCc1nc(CSc2ccc(Cl)cc2)no1. The molecule has 1 aromatic carbocycles. The van der Waals surface area contributed by atoms with Crippen LogP contribution >= 0.6 is 23.4 Å². The molecule has 0 bridgehead atoms. The summed E-state index contributed by atoms with van der Waals surface area (Å²) in [4.78, 5) is 5.33. The number of halogens is 1. The molecule has 0 amide bonds. The third-order valence-corrected chi connectivity index (χ3v) is 3.44. The molecule has 19 heavy (non-hydrogen) atoms. The minimum Gasteiger partial charge on any atom is -0.370 e. The van der Waals surface area contributed by atoms with Crippen molar-refractivity contribution in [3.8, 4) is 0 Å². The summed E-state index contributed by atoms with van der Waals surface area (Å²) in [6, 6.07) is 7.62. The van der Waals surface area contributed by atoms with Crippen LogP contribution in [0.15, 0.2) is 33.7 Å². The number of nitrogens with zero attached hydrogens (tertiary/aromatic N) is 2. The van der Waals surface area contributed by atoms with Gasteiger partial charge in [-0.3, -0.25) is 0 Å². The predicted octanol–water partition coefficient (Wildman–Crippen LogP) is 2.49. The fourth-order valence-electron chi connectivity index (χ4n) is 1.33. The number of hydrogen-bond acceptors (Lipinski definition) is 6. The summed E-state index contributed by atoms with van der Waals surface area (Å²) in [7, 11) is 0. The quantitative estimate of drug-likeness (QED) is 0.625. The lowest BCUT2D eigenvalue weighted by Gasteiger charge is -1.98. The minimum absolute atomic E-state index is 0.301. The summed E-state index contributed by atoms with van der Waals surface area (Å²) in [6.45, 7) is 1.26. The van der Waals surface area contributed by atoms with Crippen molar-refractivity contribution in [1.29, 1.82) is 0 Å². The van der Waals surface area contributed by atoms with Gasteiger partial charge in [0.1, 0.15) is 6.61 Å². The molecule has 5 nitrogen and oxygen atoms in total. The standard InChI is InChI=1S/C12H14ClN3O2S/c13-9-1-3-10(4-2-9)19-8-11-15-12(18-16-11)7-17-6-5-14/h1-4H,5-8,14H2. The van der Waals surface area contributed by atoms with Crippen LogP contribution in [0.5, 0.6) is 0 Å². The van der Waals surface area contributed by atoms with E-state index in [1.807, 2.05) is 24.3 Å². The van der Waals surface area contributed by atoms with E-state index < -0.39 is 0 Å². The molecule has 1 aromatic heterocycles. The van der Waals surface area contributed by atoms with Gasteiger partial charge < -0.3 is 15.0 Å². The van der Waals surface area contributed by atoms with E-state index in [9.17, 15) is 0 Å². The Morgan fingerprint density at radius 2 is 2.11 bits per heavy atom. The average Bonchev–Trinajstić information content (AvgIpc) is 2.86. The molecular formula is C12H14ClN3O2S. The maximum atomic E-state index is 5.82. The van der Waals surface area contributed by atoms with Gasteiger partial charge in [0.25, 0.3) is 5.89 Å². The molecule has 0 aliphatic rings. The number of thioether (sulfide) groups is 1. The number of rotatable bonds is 7. The molecule has 0 unspecified atom stereocenters. The summed E-state index contributed by atoms with van der Waals surface area (Å²) >= 11 is 7.44. The lowest BCUT2D eigenvalue weighted by molar-refractivity contribution is 0.104. The molecule has 7 heteroatoms. The largest absolute Gasteiger partial charge is 0.370 e. The first kappa shape index (κ1) is 14.3. The molecule has 1 heterocycles. The van der Waals surface area contributed by atoms with Crippen molar-refractivity contribution in [2.45, 2.75) is 17.3 Å². The fraction of sp³-hybridized carbons (Fsp3) is 0.333. The zero-order valence-corrected chi connectivity index (χ0v) is 11.8. The van der Waals surface area contributed by atoms with E-state index in [1.165, 1.54) is 0 Å². The molecule has 0 atom stereocenters. The van der Waals surface area contributed by atoms with Gasteiger partial charge >= 0.3 is 0 Å². The number of ether oxygens (including phenoxy) is 1. The Balaban J connectivity index is 1.81. The van der Waals surface area contributed by atoms with Gasteiger partial charge in [-0.1, -0.05) is 16.8 Å². The Kier molecular flexibility index (Phi) is 5.65. The van der Waals surface area contributed by atoms with Crippen LogP contribution in [0.4, 0.5) is 0 Å². The first-order chi connectivity index (χ1) is 9.28. The maximum Gasteiger partial charge on any atom is 0.252 e. The van der Waals surface area contributed by atoms with Crippen molar-refractivity contribution in [1.82, 2.24) is 10.1 Å². The third-order valence-electron chi connectivity index (χ3n) is 2.18. The Labute approximate surface area is 120 Å². The highest BCUT2D eigenvalue weighted by molar-refractivity contribution is 7.98. The van der Waals surface area contributed by atoms with Gasteiger partial charge in [0, 0.05) is 16.5 Å². The topological polar surface area (TPSA) is 74.2 Å². The van der Waals surface area contributed by atoms with E-state index in [2.05, 4.69) is 10.1 Å². The zero-order valence-electron chi connectivity index (χ0n) is 10.2. The molecular weight excluding hydrogens is 286 g/mol. The van der Waals surface area contributed by atoms with Crippen LogP contribution in [-0.4, -0.2) is 23.3 Å². The Hall–Kier alpha value is -1.08. The molecule has 0 fully saturated rings. The van der Waals surface area contributed by atoms with Crippen LogP contribution in [0, 0.1) is 0 Å². The van der Waals surface area contributed by atoms with Gasteiger partial charge in [-0.25, -0.2) is 0 Å². The monoisotopic (exact) mass is 299 g/mol. The highest BCUT2D eigenvalue weighted by Gasteiger charge is 2.06.